The minimum absolute atomic E-state index is 0.0611. The van der Waals surface area contributed by atoms with E-state index in [-0.39, 0.29) is 18.4 Å². The number of carbonyl (C=O) groups is 2. The molecule has 0 aliphatic heterocycles. The van der Waals surface area contributed by atoms with Gasteiger partial charge >= 0.3 is 0 Å². The molecular weight excluding hydrogens is 444 g/mol. The highest BCUT2D eigenvalue weighted by atomic mass is 79.9. The predicted octanol–water partition coefficient (Wildman–Crippen LogP) is 4.03. The normalized spacial score (nSPS) is 10.9. The lowest BCUT2D eigenvalue weighted by atomic mass is 10.2. The fourth-order valence-corrected chi connectivity index (χ4v) is 3.69. The van der Waals surface area contributed by atoms with Crippen molar-refractivity contribution in [3.05, 3.63) is 64.4 Å². The van der Waals surface area contributed by atoms with Gasteiger partial charge in [0.1, 0.15) is 12.4 Å². The lowest BCUT2D eigenvalue weighted by Gasteiger charge is -2.18. The van der Waals surface area contributed by atoms with Crippen molar-refractivity contribution in [1.29, 1.82) is 0 Å². The fourth-order valence-electron chi connectivity index (χ4n) is 3.29. The topological polar surface area (TPSA) is 67.2 Å². The highest BCUT2D eigenvalue weighted by Crippen LogP contribution is 2.17. The lowest BCUT2D eigenvalue weighted by molar-refractivity contribution is -0.130. The second-order valence-electron chi connectivity index (χ2n) is 7.29. The van der Waals surface area contributed by atoms with Crippen LogP contribution in [-0.4, -0.2) is 46.4 Å². The van der Waals surface area contributed by atoms with E-state index in [0.29, 0.717) is 18.5 Å². The molecule has 2 aromatic carbocycles. The zero-order chi connectivity index (χ0) is 21.5. The number of nitrogens with one attached hydrogen (secondary N) is 1. The SMILES string of the molecule is CCCCN(C)C(=O)Cn1c(CCNC(=O)c2cccc(Br)c2)nc2ccccc21. The first-order chi connectivity index (χ1) is 14.5. The molecule has 6 nitrogen and oxygen atoms in total. The maximum atomic E-state index is 12.7. The van der Waals surface area contributed by atoms with Crippen molar-refractivity contribution in [2.75, 3.05) is 20.1 Å². The third-order valence-electron chi connectivity index (χ3n) is 5.02. The standard InChI is InChI=1S/C23H27BrN4O2/c1-3-4-14-27(2)22(29)16-28-20-11-6-5-10-19(20)26-21(28)12-13-25-23(30)17-8-7-9-18(24)15-17/h5-11,15H,3-4,12-14,16H2,1-2H3,(H,25,30). The van der Waals surface area contributed by atoms with Crippen LogP contribution < -0.4 is 5.32 Å². The summed E-state index contributed by atoms with van der Waals surface area (Å²) in [6, 6.07) is 15.1. The summed E-state index contributed by atoms with van der Waals surface area (Å²) in [6.07, 6.45) is 2.58. The number of para-hydroxylation sites is 2. The summed E-state index contributed by atoms with van der Waals surface area (Å²) in [5.74, 6) is 0.725. The molecule has 0 spiro atoms. The van der Waals surface area contributed by atoms with Crippen LogP contribution in [0.15, 0.2) is 53.0 Å². The molecule has 0 saturated heterocycles. The van der Waals surface area contributed by atoms with Gasteiger partial charge < -0.3 is 14.8 Å². The quantitative estimate of drug-likeness (QED) is 0.513. The second kappa shape index (κ2) is 10.4. The molecule has 3 aromatic rings. The van der Waals surface area contributed by atoms with Crippen LogP contribution in [0.4, 0.5) is 0 Å². The van der Waals surface area contributed by atoms with E-state index in [1.54, 1.807) is 17.0 Å². The first kappa shape index (κ1) is 22.0. The molecule has 1 N–H and O–H groups in total. The summed E-state index contributed by atoms with van der Waals surface area (Å²) in [4.78, 5) is 31.6. The van der Waals surface area contributed by atoms with Gasteiger partial charge in [0.2, 0.25) is 5.91 Å². The van der Waals surface area contributed by atoms with Gasteiger partial charge in [0, 0.05) is 36.6 Å². The Morgan fingerprint density at radius 3 is 2.73 bits per heavy atom. The number of imidazole rings is 1. The Kier molecular flexibility index (Phi) is 7.63. The third-order valence-corrected chi connectivity index (χ3v) is 5.51. The molecule has 30 heavy (non-hydrogen) atoms. The van der Waals surface area contributed by atoms with Gasteiger partial charge in [-0.2, -0.15) is 0 Å². The molecule has 158 valence electrons. The molecule has 0 aliphatic carbocycles. The molecule has 0 unspecified atom stereocenters. The van der Waals surface area contributed by atoms with Gasteiger partial charge in [0.25, 0.3) is 5.91 Å². The van der Waals surface area contributed by atoms with Gasteiger partial charge in [-0.25, -0.2) is 4.98 Å². The number of rotatable bonds is 9. The third kappa shape index (κ3) is 5.48. The molecule has 0 bridgehead atoms. The maximum Gasteiger partial charge on any atom is 0.251 e. The number of hydrogen-bond acceptors (Lipinski definition) is 3. The van der Waals surface area contributed by atoms with Crippen molar-refractivity contribution in [3.63, 3.8) is 0 Å². The van der Waals surface area contributed by atoms with Gasteiger partial charge in [-0.1, -0.05) is 47.5 Å². The molecule has 0 saturated carbocycles. The summed E-state index contributed by atoms with van der Waals surface area (Å²) in [7, 11) is 1.84. The first-order valence-electron chi connectivity index (χ1n) is 10.2. The van der Waals surface area contributed by atoms with Crippen LogP contribution in [0.3, 0.4) is 0 Å². The molecule has 1 aromatic heterocycles. The lowest BCUT2D eigenvalue weighted by Crippen LogP contribution is -2.32. The zero-order valence-corrected chi connectivity index (χ0v) is 19.0. The minimum atomic E-state index is -0.130. The molecule has 0 atom stereocenters. The van der Waals surface area contributed by atoms with Crippen molar-refractivity contribution in [2.45, 2.75) is 32.7 Å². The molecular formula is C23H27BrN4O2. The van der Waals surface area contributed by atoms with E-state index in [1.807, 2.05) is 48.0 Å². The van der Waals surface area contributed by atoms with E-state index < -0.39 is 0 Å². The number of nitrogens with zero attached hydrogens (tertiary/aromatic N) is 3. The van der Waals surface area contributed by atoms with E-state index >= 15 is 0 Å². The summed E-state index contributed by atoms with van der Waals surface area (Å²) in [6.45, 7) is 3.55. The number of likely N-dealkylation sites (N-methyl/N-ethyl adjacent to an activating group) is 1. The monoisotopic (exact) mass is 470 g/mol. The molecule has 1 heterocycles. The molecule has 2 amide bonds. The second-order valence-corrected chi connectivity index (χ2v) is 8.20. The first-order valence-corrected chi connectivity index (χ1v) is 11.0. The van der Waals surface area contributed by atoms with Crippen molar-refractivity contribution in [2.24, 2.45) is 0 Å². The number of carbonyl (C=O) groups excluding carboxylic acids is 2. The molecule has 0 fully saturated rings. The fraction of sp³-hybridized carbons (Fsp3) is 0.348. The van der Waals surface area contributed by atoms with E-state index in [1.165, 1.54) is 0 Å². The molecule has 0 radical (unpaired) electrons. The van der Waals surface area contributed by atoms with Gasteiger partial charge in [0.15, 0.2) is 0 Å². The Morgan fingerprint density at radius 2 is 1.97 bits per heavy atom. The molecule has 3 rings (SSSR count). The van der Waals surface area contributed by atoms with Crippen molar-refractivity contribution < 1.29 is 9.59 Å². The number of fused-ring (bicyclic) bond motifs is 1. The van der Waals surface area contributed by atoms with Crippen LogP contribution in [0.2, 0.25) is 0 Å². The highest BCUT2D eigenvalue weighted by molar-refractivity contribution is 9.10. The molecule has 0 aliphatic rings. The number of halogens is 1. The zero-order valence-electron chi connectivity index (χ0n) is 17.4. The Bertz CT molecular complexity index is 1030. The highest BCUT2D eigenvalue weighted by Gasteiger charge is 2.16. The Labute approximate surface area is 185 Å². The van der Waals surface area contributed by atoms with Gasteiger partial charge in [-0.15, -0.1) is 0 Å². The van der Waals surface area contributed by atoms with Crippen LogP contribution in [0.25, 0.3) is 11.0 Å². The summed E-state index contributed by atoms with van der Waals surface area (Å²) in [5.41, 5.74) is 2.39. The average Bonchev–Trinajstić information content (AvgIpc) is 3.09. The van der Waals surface area contributed by atoms with Gasteiger partial charge in [-0.3, -0.25) is 9.59 Å². The van der Waals surface area contributed by atoms with Crippen molar-refractivity contribution in [3.8, 4) is 0 Å². The van der Waals surface area contributed by atoms with Crippen molar-refractivity contribution in [1.82, 2.24) is 19.8 Å². The van der Waals surface area contributed by atoms with E-state index in [4.69, 9.17) is 4.98 Å². The van der Waals surface area contributed by atoms with Crippen LogP contribution in [0, 0.1) is 0 Å². The Balaban J connectivity index is 1.71. The molecule has 7 heteroatoms. The average molecular weight is 471 g/mol. The van der Waals surface area contributed by atoms with Gasteiger partial charge in [0.05, 0.1) is 11.0 Å². The minimum Gasteiger partial charge on any atom is -0.352 e. The van der Waals surface area contributed by atoms with E-state index in [9.17, 15) is 9.59 Å². The Hall–Kier alpha value is -2.67. The predicted molar refractivity (Wildman–Crippen MR) is 122 cm³/mol. The summed E-state index contributed by atoms with van der Waals surface area (Å²) in [5, 5.41) is 2.94. The summed E-state index contributed by atoms with van der Waals surface area (Å²) >= 11 is 3.39. The number of amides is 2. The van der Waals surface area contributed by atoms with E-state index in [2.05, 4.69) is 28.2 Å². The van der Waals surface area contributed by atoms with Crippen LogP contribution >= 0.6 is 15.9 Å². The number of benzene rings is 2. The maximum absolute atomic E-state index is 12.7. The summed E-state index contributed by atoms with van der Waals surface area (Å²) < 4.78 is 2.83. The van der Waals surface area contributed by atoms with Crippen LogP contribution in [-0.2, 0) is 17.8 Å². The number of hydrogen-bond donors (Lipinski definition) is 1. The van der Waals surface area contributed by atoms with Gasteiger partial charge in [-0.05, 0) is 36.8 Å². The Morgan fingerprint density at radius 1 is 1.17 bits per heavy atom. The van der Waals surface area contributed by atoms with Crippen molar-refractivity contribution >= 4 is 38.8 Å². The van der Waals surface area contributed by atoms with Crippen LogP contribution in [0.5, 0.6) is 0 Å². The number of aromatic nitrogens is 2. The number of unbranched alkanes of at least 4 members (excludes halogenated alkanes) is 1. The van der Waals surface area contributed by atoms with E-state index in [0.717, 1.165) is 40.7 Å². The smallest absolute Gasteiger partial charge is 0.251 e. The largest absolute Gasteiger partial charge is 0.352 e. The van der Waals surface area contributed by atoms with Crippen LogP contribution in [0.1, 0.15) is 35.9 Å².